The lowest BCUT2D eigenvalue weighted by Gasteiger charge is -2.13. The van der Waals surface area contributed by atoms with E-state index in [1.807, 2.05) is 28.8 Å². The van der Waals surface area contributed by atoms with Gasteiger partial charge in [0.25, 0.3) is 5.69 Å². The van der Waals surface area contributed by atoms with E-state index in [1.165, 1.54) is 23.9 Å². The number of benzene rings is 2. The molecular formula is C18H15N3O5S. The molecule has 0 unspecified atom stereocenters. The van der Waals surface area contributed by atoms with Crippen molar-refractivity contribution in [3.8, 4) is 11.4 Å². The molecule has 2 heterocycles. The highest BCUT2D eigenvalue weighted by molar-refractivity contribution is 8.00. The fourth-order valence-electron chi connectivity index (χ4n) is 3.00. The smallest absolute Gasteiger partial charge is 0.319 e. The molecule has 3 aromatic rings. The van der Waals surface area contributed by atoms with Crippen LogP contribution in [0.1, 0.15) is 6.42 Å². The van der Waals surface area contributed by atoms with E-state index in [-0.39, 0.29) is 16.9 Å². The first-order valence-corrected chi connectivity index (χ1v) is 9.10. The number of carbonyl (C=O) groups is 1. The normalized spacial score (nSPS) is 16.5. The van der Waals surface area contributed by atoms with Crippen LogP contribution < -0.4 is 4.74 Å². The van der Waals surface area contributed by atoms with E-state index in [0.29, 0.717) is 35.0 Å². The molecule has 2 aromatic carbocycles. The third kappa shape index (κ3) is 3.10. The zero-order chi connectivity index (χ0) is 19.0. The van der Waals surface area contributed by atoms with Crippen LogP contribution in [0.5, 0.6) is 5.75 Å². The topological polar surface area (TPSA) is 96.5 Å². The number of hydrogen-bond donors (Lipinski definition) is 0. The Bertz CT molecular complexity index is 1050. The molecule has 1 atom stereocenters. The number of imidazole rings is 1. The average molecular weight is 385 g/mol. The summed E-state index contributed by atoms with van der Waals surface area (Å²) in [5, 5.41) is 11.3. The molecule has 1 saturated heterocycles. The van der Waals surface area contributed by atoms with Crippen molar-refractivity contribution in [2.45, 2.75) is 16.8 Å². The molecule has 0 N–H and O–H groups in total. The Kier molecular flexibility index (Phi) is 4.44. The molecule has 4 rings (SSSR count). The number of methoxy groups -OCH3 is 1. The number of thioether (sulfide) groups is 1. The van der Waals surface area contributed by atoms with Gasteiger partial charge in [0.2, 0.25) is 0 Å². The first kappa shape index (κ1) is 17.3. The number of fused-ring (bicyclic) bond motifs is 1. The summed E-state index contributed by atoms with van der Waals surface area (Å²) in [6.45, 7) is 0.386. The fourth-order valence-corrected chi connectivity index (χ4v) is 4.08. The van der Waals surface area contributed by atoms with Gasteiger partial charge in [0.05, 0.1) is 35.4 Å². The summed E-state index contributed by atoms with van der Waals surface area (Å²) in [5.74, 6) is 0.357. The zero-order valence-corrected chi connectivity index (χ0v) is 15.1. The van der Waals surface area contributed by atoms with Crippen LogP contribution in [-0.4, -0.2) is 39.4 Å². The number of aromatic nitrogens is 2. The van der Waals surface area contributed by atoms with E-state index in [4.69, 9.17) is 9.47 Å². The van der Waals surface area contributed by atoms with Gasteiger partial charge < -0.3 is 9.47 Å². The summed E-state index contributed by atoms with van der Waals surface area (Å²) in [5.41, 5.74) is 1.87. The minimum absolute atomic E-state index is 0.0380. The number of carbonyl (C=O) groups excluding carboxylic acids is 1. The molecule has 0 bridgehead atoms. The quantitative estimate of drug-likeness (QED) is 0.377. The van der Waals surface area contributed by atoms with Crippen LogP contribution in [0.25, 0.3) is 16.7 Å². The Morgan fingerprint density at radius 2 is 2.15 bits per heavy atom. The fraction of sp³-hybridized carbons (Fsp3) is 0.222. The highest BCUT2D eigenvalue weighted by Crippen LogP contribution is 2.37. The van der Waals surface area contributed by atoms with E-state index in [2.05, 4.69) is 4.98 Å². The Morgan fingerprint density at radius 1 is 1.33 bits per heavy atom. The monoisotopic (exact) mass is 385 g/mol. The second kappa shape index (κ2) is 6.92. The molecule has 0 saturated carbocycles. The van der Waals surface area contributed by atoms with Crippen LogP contribution in [-0.2, 0) is 9.53 Å². The molecule has 1 aliphatic rings. The maximum Gasteiger partial charge on any atom is 0.319 e. The van der Waals surface area contributed by atoms with Crippen LogP contribution in [0.3, 0.4) is 0 Å². The van der Waals surface area contributed by atoms with Gasteiger partial charge in [-0.3, -0.25) is 19.5 Å². The van der Waals surface area contributed by atoms with Gasteiger partial charge in [-0.05, 0) is 18.2 Å². The van der Waals surface area contributed by atoms with Crippen molar-refractivity contribution in [3.05, 3.63) is 52.6 Å². The molecule has 0 amide bonds. The Balaban J connectivity index is 1.91. The summed E-state index contributed by atoms with van der Waals surface area (Å²) in [6, 6.07) is 11.9. The summed E-state index contributed by atoms with van der Waals surface area (Å²) < 4.78 is 12.4. The molecule has 0 radical (unpaired) electrons. The largest absolute Gasteiger partial charge is 0.495 e. The summed E-state index contributed by atoms with van der Waals surface area (Å²) in [7, 11) is 1.57. The summed E-state index contributed by atoms with van der Waals surface area (Å²) in [6.07, 6.45) is 0.596. The van der Waals surface area contributed by atoms with Gasteiger partial charge in [0.1, 0.15) is 11.0 Å². The molecule has 0 spiro atoms. The first-order chi connectivity index (χ1) is 13.1. The number of nitro groups is 1. The highest BCUT2D eigenvalue weighted by Gasteiger charge is 2.30. The average Bonchev–Trinajstić information content (AvgIpc) is 3.24. The number of para-hydroxylation sites is 2. The van der Waals surface area contributed by atoms with E-state index >= 15 is 0 Å². The number of esters is 1. The number of non-ortho nitro benzene ring substituents is 1. The molecule has 8 nitrogen and oxygen atoms in total. The molecular weight excluding hydrogens is 370 g/mol. The number of rotatable bonds is 5. The van der Waals surface area contributed by atoms with Gasteiger partial charge in [-0.25, -0.2) is 4.98 Å². The van der Waals surface area contributed by atoms with Crippen molar-refractivity contribution in [1.82, 2.24) is 9.55 Å². The van der Waals surface area contributed by atoms with Crippen LogP contribution in [0, 0.1) is 10.1 Å². The van der Waals surface area contributed by atoms with Crippen molar-refractivity contribution in [2.24, 2.45) is 0 Å². The third-order valence-corrected chi connectivity index (χ3v) is 5.48. The lowest BCUT2D eigenvalue weighted by Crippen LogP contribution is -2.11. The van der Waals surface area contributed by atoms with E-state index in [9.17, 15) is 14.9 Å². The van der Waals surface area contributed by atoms with E-state index in [1.54, 1.807) is 13.2 Å². The number of ether oxygens (including phenoxy) is 2. The number of nitro benzene ring substituents is 1. The van der Waals surface area contributed by atoms with Gasteiger partial charge in [-0.15, -0.1) is 0 Å². The third-order valence-electron chi connectivity index (χ3n) is 4.28. The van der Waals surface area contributed by atoms with Gasteiger partial charge >= 0.3 is 5.97 Å². The van der Waals surface area contributed by atoms with Crippen LogP contribution in [0.15, 0.2) is 47.6 Å². The Morgan fingerprint density at radius 3 is 2.85 bits per heavy atom. The molecule has 138 valence electrons. The zero-order valence-electron chi connectivity index (χ0n) is 14.3. The van der Waals surface area contributed by atoms with Gasteiger partial charge in [-0.1, -0.05) is 23.9 Å². The van der Waals surface area contributed by atoms with Gasteiger partial charge in [0.15, 0.2) is 5.16 Å². The SMILES string of the molecule is COc1ccccc1-n1c(S[C@H]2CCOC2=O)nc2cc([N+](=O)[O-])ccc21. The Hall–Kier alpha value is -3.07. The minimum atomic E-state index is -0.456. The highest BCUT2D eigenvalue weighted by atomic mass is 32.2. The lowest BCUT2D eigenvalue weighted by molar-refractivity contribution is -0.384. The lowest BCUT2D eigenvalue weighted by atomic mass is 10.2. The first-order valence-electron chi connectivity index (χ1n) is 8.22. The predicted molar refractivity (Wildman–Crippen MR) is 99.5 cm³/mol. The summed E-state index contributed by atoms with van der Waals surface area (Å²) >= 11 is 1.29. The molecule has 1 aromatic heterocycles. The second-order valence-corrected chi connectivity index (χ2v) is 7.06. The maximum atomic E-state index is 11.9. The van der Waals surface area contributed by atoms with E-state index in [0.717, 1.165) is 5.69 Å². The Labute approximate surface area is 158 Å². The molecule has 0 aliphatic carbocycles. The molecule has 27 heavy (non-hydrogen) atoms. The minimum Gasteiger partial charge on any atom is -0.495 e. The van der Waals surface area contributed by atoms with Crippen LogP contribution >= 0.6 is 11.8 Å². The van der Waals surface area contributed by atoms with Crippen molar-refractivity contribution < 1.29 is 19.2 Å². The number of nitrogens with zero attached hydrogens (tertiary/aromatic N) is 3. The molecule has 1 aliphatic heterocycles. The van der Waals surface area contributed by atoms with Crippen molar-refractivity contribution in [1.29, 1.82) is 0 Å². The van der Waals surface area contributed by atoms with Crippen molar-refractivity contribution >= 4 is 34.5 Å². The summed E-state index contributed by atoms with van der Waals surface area (Å²) in [4.78, 5) is 27.1. The van der Waals surface area contributed by atoms with Crippen molar-refractivity contribution in [3.63, 3.8) is 0 Å². The van der Waals surface area contributed by atoms with Crippen LogP contribution in [0.4, 0.5) is 5.69 Å². The standard InChI is InChI=1S/C18H15N3O5S/c1-25-15-5-3-2-4-14(15)20-13-7-6-11(21(23)24)10-12(13)19-18(20)27-16-8-9-26-17(16)22/h2-7,10,16H,8-9H2,1H3/t16-/m0/s1. The van der Waals surface area contributed by atoms with Crippen molar-refractivity contribution in [2.75, 3.05) is 13.7 Å². The molecule has 1 fully saturated rings. The predicted octanol–water partition coefficient (Wildman–Crippen LogP) is 3.35. The second-order valence-electron chi connectivity index (χ2n) is 5.89. The van der Waals surface area contributed by atoms with Crippen LogP contribution in [0.2, 0.25) is 0 Å². The number of hydrogen-bond acceptors (Lipinski definition) is 7. The number of cyclic esters (lactones) is 1. The maximum absolute atomic E-state index is 11.9. The molecule has 9 heteroatoms. The van der Waals surface area contributed by atoms with Gasteiger partial charge in [-0.2, -0.15) is 0 Å². The van der Waals surface area contributed by atoms with Gasteiger partial charge in [0, 0.05) is 18.6 Å². The van der Waals surface area contributed by atoms with E-state index < -0.39 is 4.92 Å².